The van der Waals surface area contributed by atoms with Crippen molar-refractivity contribution in [2.45, 2.75) is 26.4 Å². The normalized spacial score (nSPS) is 15.1. The minimum absolute atomic E-state index is 0.00640. The summed E-state index contributed by atoms with van der Waals surface area (Å²) in [5.74, 6) is 0.748. The maximum Gasteiger partial charge on any atom is 0.260 e. The van der Waals surface area contributed by atoms with Crippen LogP contribution in [0.3, 0.4) is 0 Å². The number of anilines is 1. The van der Waals surface area contributed by atoms with Gasteiger partial charge in [0.2, 0.25) is 0 Å². The third kappa shape index (κ3) is 6.84. The van der Waals surface area contributed by atoms with Crippen molar-refractivity contribution in [3.05, 3.63) is 94.0 Å². The first-order valence-electron chi connectivity index (χ1n) is 11.8. The molecule has 0 aliphatic carbocycles. The van der Waals surface area contributed by atoms with E-state index in [0.29, 0.717) is 13.1 Å². The number of carbonyl (C=O) groups is 1. The fraction of sp³-hybridized carbons (Fsp3) is 0.321. The molecule has 0 spiro atoms. The molecule has 0 bridgehead atoms. The highest BCUT2D eigenvalue weighted by molar-refractivity contribution is 9.10. The molecule has 5 nitrogen and oxygen atoms in total. The summed E-state index contributed by atoms with van der Waals surface area (Å²) >= 11 is 3.59. The van der Waals surface area contributed by atoms with Crippen LogP contribution < -0.4 is 10.1 Å². The van der Waals surface area contributed by atoms with E-state index in [1.807, 2.05) is 48.2 Å². The minimum atomic E-state index is -0.00640. The van der Waals surface area contributed by atoms with Gasteiger partial charge in [-0.3, -0.25) is 9.69 Å². The Morgan fingerprint density at radius 1 is 1.00 bits per heavy atom. The molecule has 178 valence electrons. The Kier molecular flexibility index (Phi) is 8.61. The lowest BCUT2D eigenvalue weighted by Crippen LogP contribution is -2.40. The molecule has 0 fully saturated rings. The third-order valence-electron chi connectivity index (χ3n) is 6.13. The Labute approximate surface area is 210 Å². The fourth-order valence-corrected chi connectivity index (χ4v) is 4.62. The number of rotatable bonds is 5. The van der Waals surface area contributed by atoms with Crippen molar-refractivity contribution in [3.63, 3.8) is 0 Å². The van der Waals surface area contributed by atoms with E-state index in [9.17, 15) is 4.79 Å². The van der Waals surface area contributed by atoms with Gasteiger partial charge in [-0.05, 0) is 54.3 Å². The van der Waals surface area contributed by atoms with Gasteiger partial charge in [0.15, 0.2) is 6.61 Å². The molecule has 1 aliphatic rings. The van der Waals surface area contributed by atoms with Gasteiger partial charge in [-0.2, -0.15) is 0 Å². The number of halogens is 1. The van der Waals surface area contributed by atoms with Crippen LogP contribution in [-0.2, 0) is 17.9 Å². The predicted octanol–water partition coefficient (Wildman–Crippen LogP) is 5.48. The van der Waals surface area contributed by atoms with Gasteiger partial charge in [0.25, 0.3) is 5.91 Å². The lowest BCUT2D eigenvalue weighted by molar-refractivity contribution is -0.134. The summed E-state index contributed by atoms with van der Waals surface area (Å²) in [6.45, 7) is 6.76. The Balaban J connectivity index is 1.51. The third-order valence-corrected chi connectivity index (χ3v) is 6.62. The van der Waals surface area contributed by atoms with E-state index >= 15 is 0 Å². The summed E-state index contributed by atoms with van der Waals surface area (Å²) in [5.41, 5.74) is 4.51. The van der Waals surface area contributed by atoms with Gasteiger partial charge in [0.1, 0.15) is 5.75 Å². The summed E-state index contributed by atoms with van der Waals surface area (Å²) in [7, 11) is 0. The van der Waals surface area contributed by atoms with Crippen molar-refractivity contribution in [3.8, 4) is 5.75 Å². The summed E-state index contributed by atoms with van der Waals surface area (Å²) in [6, 6.07) is 24.6. The molecule has 0 radical (unpaired) electrons. The Morgan fingerprint density at radius 3 is 2.62 bits per heavy atom. The first-order valence-corrected chi connectivity index (χ1v) is 12.6. The summed E-state index contributed by atoms with van der Waals surface area (Å²) in [5, 5.41) is 3.58. The lowest BCUT2D eigenvalue weighted by atomic mass is 10.1. The van der Waals surface area contributed by atoms with Gasteiger partial charge in [0, 0.05) is 49.4 Å². The van der Waals surface area contributed by atoms with Crippen LogP contribution in [-0.4, -0.2) is 48.5 Å². The number of amides is 1. The monoisotopic (exact) mass is 521 g/mol. The first kappa shape index (κ1) is 24.3. The average molecular weight is 522 g/mol. The maximum absolute atomic E-state index is 13.3. The van der Waals surface area contributed by atoms with Gasteiger partial charge in [-0.25, -0.2) is 0 Å². The molecule has 0 aromatic heterocycles. The number of ether oxygens (including phenoxy) is 1. The van der Waals surface area contributed by atoms with E-state index in [1.165, 1.54) is 5.56 Å². The molecule has 3 aromatic rings. The zero-order valence-electron chi connectivity index (χ0n) is 19.7. The summed E-state index contributed by atoms with van der Waals surface area (Å²) in [4.78, 5) is 17.7. The average Bonchev–Trinajstić information content (AvgIpc) is 2.88. The van der Waals surface area contributed by atoms with Crippen LogP contribution in [0.25, 0.3) is 0 Å². The first-order chi connectivity index (χ1) is 16.6. The highest BCUT2D eigenvalue weighted by atomic mass is 79.9. The molecule has 6 heteroatoms. The number of nitrogens with one attached hydrogen (secondary N) is 1. The van der Waals surface area contributed by atoms with E-state index < -0.39 is 0 Å². The Morgan fingerprint density at radius 2 is 1.79 bits per heavy atom. The van der Waals surface area contributed by atoms with Crippen molar-refractivity contribution in [1.29, 1.82) is 0 Å². The quantitative estimate of drug-likeness (QED) is 0.482. The molecule has 34 heavy (non-hydrogen) atoms. The van der Waals surface area contributed by atoms with Gasteiger partial charge < -0.3 is 15.0 Å². The van der Waals surface area contributed by atoms with Crippen LogP contribution in [0, 0.1) is 6.92 Å². The van der Waals surface area contributed by atoms with Gasteiger partial charge in [-0.1, -0.05) is 64.5 Å². The highest BCUT2D eigenvalue weighted by Crippen LogP contribution is 2.24. The van der Waals surface area contributed by atoms with Crippen LogP contribution in [0.4, 0.5) is 5.69 Å². The predicted molar refractivity (Wildman–Crippen MR) is 141 cm³/mol. The number of benzene rings is 3. The van der Waals surface area contributed by atoms with Gasteiger partial charge in [-0.15, -0.1) is 0 Å². The lowest BCUT2D eigenvalue weighted by Gasteiger charge is -2.28. The second-order valence-corrected chi connectivity index (χ2v) is 9.63. The fourth-order valence-electron chi connectivity index (χ4n) is 4.21. The molecule has 1 heterocycles. The smallest absolute Gasteiger partial charge is 0.260 e. The molecular formula is C28H32BrN3O2. The molecule has 0 unspecified atom stereocenters. The summed E-state index contributed by atoms with van der Waals surface area (Å²) < 4.78 is 6.92. The molecular weight excluding hydrogens is 490 g/mol. The van der Waals surface area contributed by atoms with Crippen LogP contribution in [0.15, 0.2) is 77.3 Å². The maximum atomic E-state index is 13.3. The largest absolute Gasteiger partial charge is 0.484 e. The van der Waals surface area contributed by atoms with E-state index in [0.717, 1.165) is 59.6 Å². The molecule has 1 amide bonds. The van der Waals surface area contributed by atoms with E-state index in [-0.39, 0.29) is 12.5 Å². The molecule has 4 rings (SSSR count). The molecule has 1 N–H and O–H groups in total. The van der Waals surface area contributed by atoms with Gasteiger partial charge in [0.05, 0.1) is 0 Å². The molecule has 0 saturated heterocycles. The van der Waals surface area contributed by atoms with E-state index in [1.54, 1.807) is 0 Å². The number of aryl methyl sites for hydroxylation is 1. The summed E-state index contributed by atoms with van der Waals surface area (Å²) in [6.07, 6.45) is 1.03. The molecule has 0 atom stereocenters. The number of para-hydroxylation sites is 1. The van der Waals surface area contributed by atoms with Crippen LogP contribution in [0.1, 0.15) is 23.1 Å². The minimum Gasteiger partial charge on any atom is -0.484 e. The molecule has 3 aromatic carbocycles. The van der Waals surface area contributed by atoms with Crippen LogP contribution in [0.2, 0.25) is 0 Å². The standard InChI is InChI=1S/C28H32BrN3O2/c1-22-8-5-6-11-27(22)34-21-28(33)32-17-16-31(19-23-9-3-2-4-10-23)15-7-14-30-26-13-12-25(29)18-24(26)20-32/h2-6,8-13,18,30H,7,14-17,19-21H2,1H3. The second kappa shape index (κ2) is 12.0. The molecule has 0 saturated carbocycles. The SMILES string of the molecule is Cc1ccccc1OCC(=O)N1CCN(Cc2ccccc2)CCCNc2ccc(Br)cc2C1. The number of carbonyl (C=O) groups excluding carboxylic acids is 1. The molecule has 1 aliphatic heterocycles. The number of nitrogens with zero attached hydrogens (tertiary/aromatic N) is 2. The topological polar surface area (TPSA) is 44.8 Å². The zero-order valence-corrected chi connectivity index (χ0v) is 21.3. The Bertz CT molecular complexity index is 1090. The zero-order chi connectivity index (χ0) is 23.8. The highest BCUT2D eigenvalue weighted by Gasteiger charge is 2.20. The van der Waals surface area contributed by atoms with Crippen molar-refractivity contribution in [2.75, 3.05) is 38.1 Å². The van der Waals surface area contributed by atoms with Crippen LogP contribution >= 0.6 is 15.9 Å². The van der Waals surface area contributed by atoms with Crippen molar-refractivity contribution >= 4 is 27.5 Å². The number of hydrogen-bond acceptors (Lipinski definition) is 4. The number of fused-ring (bicyclic) bond motifs is 1. The second-order valence-electron chi connectivity index (χ2n) is 8.71. The van der Waals surface area contributed by atoms with Gasteiger partial charge >= 0.3 is 0 Å². The van der Waals surface area contributed by atoms with E-state index in [2.05, 4.69) is 62.5 Å². The van der Waals surface area contributed by atoms with E-state index in [4.69, 9.17) is 4.74 Å². The Hall–Kier alpha value is -2.83. The van der Waals surface area contributed by atoms with Crippen LogP contribution in [0.5, 0.6) is 5.75 Å². The van der Waals surface area contributed by atoms with Crippen molar-refractivity contribution in [2.24, 2.45) is 0 Å². The van der Waals surface area contributed by atoms with Crippen molar-refractivity contribution in [1.82, 2.24) is 9.80 Å². The van der Waals surface area contributed by atoms with Crippen molar-refractivity contribution < 1.29 is 9.53 Å². The number of hydrogen-bond donors (Lipinski definition) is 1.